The maximum absolute atomic E-state index is 15.1. The minimum atomic E-state index is -0.734. The molecule has 0 aromatic heterocycles. The fourth-order valence-electron chi connectivity index (χ4n) is 5.01. The summed E-state index contributed by atoms with van der Waals surface area (Å²) in [5.74, 6) is -1.68. The van der Waals surface area contributed by atoms with E-state index in [4.69, 9.17) is 0 Å². The van der Waals surface area contributed by atoms with Crippen LogP contribution in [-0.4, -0.2) is 65.6 Å². The van der Waals surface area contributed by atoms with E-state index in [0.717, 1.165) is 11.1 Å². The minimum Gasteiger partial charge on any atom is -0.366 e. The summed E-state index contributed by atoms with van der Waals surface area (Å²) in [6.45, 7) is 4.15. The van der Waals surface area contributed by atoms with Crippen LogP contribution < -0.4 is 10.2 Å². The molecule has 4 amide bonds. The topological polar surface area (TPSA) is 90.0 Å². The summed E-state index contributed by atoms with van der Waals surface area (Å²) < 4.78 is 15.1. The summed E-state index contributed by atoms with van der Waals surface area (Å²) in [6, 6.07) is 10.1. The van der Waals surface area contributed by atoms with Gasteiger partial charge in [-0.3, -0.25) is 24.5 Å². The van der Waals surface area contributed by atoms with E-state index < -0.39 is 23.7 Å². The lowest BCUT2D eigenvalue weighted by Crippen LogP contribution is -2.52. The van der Waals surface area contributed by atoms with Gasteiger partial charge in [0.25, 0.3) is 5.91 Å². The molecule has 182 valence electrons. The van der Waals surface area contributed by atoms with Crippen LogP contribution in [0.25, 0.3) is 0 Å². The number of aryl methyl sites for hydroxylation is 1. The number of halogens is 1. The van der Waals surface area contributed by atoms with Crippen molar-refractivity contribution in [3.63, 3.8) is 0 Å². The molecule has 2 saturated heterocycles. The van der Waals surface area contributed by atoms with Gasteiger partial charge in [0.15, 0.2) is 0 Å². The number of piperidine rings is 1. The molecule has 3 aliphatic heterocycles. The van der Waals surface area contributed by atoms with Gasteiger partial charge in [-0.1, -0.05) is 29.8 Å². The zero-order valence-corrected chi connectivity index (χ0v) is 19.6. The third kappa shape index (κ3) is 4.50. The van der Waals surface area contributed by atoms with Gasteiger partial charge in [-0.05, 0) is 36.6 Å². The highest BCUT2D eigenvalue weighted by atomic mass is 19.1. The van der Waals surface area contributed by atoms with Crippen LogP contribution in [0.15, 0.2) is 36.4 Å². The lowest BCUT2D eigenvalue weighted by Gasteiger charge is -2.36. The number of anilines is 1. The van der Waals surface area contributed by atoms with Crippen molar-refractivity contribution in [2.24, 2.45) is 0 Å². The normalized spacial score (nSPS) is 20.2. The van der Waals surface area contributed by atoms with Gasteiger partial charge in [-0.15, -0.1) is 0 Å². The highest BCUT2D eigenvalue weighted by Crippen LogP contribution is 2.33. The number of rotatable bonds is 4. The highest BCUT2D eigenvalue weighted by Gasteiger charge is 2.40. The van der Waals surface area contributed by atoms with Crippen molar-refractivity contribution < 1.29 is 23.6 Å². The number of fused-ring (bicyclic) bond motifs is 1. The average Bonchev–Trinajstić information content (AvgIpc) is 3.15. The Bertz CT molecular complexity index is 1200. The van der Waals surface area contributed by atoms with Crippen molar-refractivity contribution in [1.29, 1.82) is 0 Å². The molecule has 9 heteroatoms. The molecule has 8 nitrogen and oxygen atoms in total. The van der Waals surface area contributed by atoms with Gasteiger partial charge < -0.3 is 14.7 Å². The number of carbonyl (C=O) groups excluding carboxylic acids is 4. The van der Waals surface area contributed by atoms with Gasteiger partial charge in [0.05, 0.1) is 12.1 Å². The Kier molecular flexibility index (Phi) is 6.00. The summed E-state index contributed by atoms with van der Waals surface area (Å²) in [6.07, 6.45) is 0.771. The third-order valence-corrected chi connectivity index (χ3v) is 7.04. The predicted octanol–water partition coefficient (Wildman–Crippen LogP) is 1.79. The van der Waals surface area contributed by atoms with E-state index in [9.17, 15) is 19.2 Å². The second-order valence-corrected chi connectivity index (χ2v) is 9.39. The number of benzene rings is 2. The molecule has 0 bridgehead atoms. The lowest BCUT2D eigenvalue weighted by molar-refractivity contribution is -0.137. The van der Waals surface area contributed by atoms with Crippen molar-refractivity contribution in [3.05, 3.63) is 64.5 Å². The third-order valence-electron chi connectivity index (χ3n) is 7.04. The number of nitrogens with one attached hydrogen (secondary N) is 1. The van der Waals surface area contributed by atoms with E-state index in [2.05, 4.69) is 5.32 Å². The van der Waals surface area contributed by atoms with E-state index >= 15 is 4.39 Å². The number of amides is 4. The highest BCUT2D eigenvalue weighted by molar-refractivity contribution is 6.05. The fourth-order valence-corrected chi connectivity index (χ4v) is 5.01. The monoisotopic (exact) mass is 478 g/mol. The largest absolute Gasteiger partial charge is 0.366 e. The van der Waals surface area contributed by atoms with Crippen LogP contribution in [0.2, 0.25) is 0 Å². The summed E-state index contributed by atoms with van der Waals surface area (Å²) in [4.78, 5) is 54.4. The molecular weight excluding hydrogens is 451 g/mol. The van der Waals surface area contributed by atoms with Gasteiger partial charge in [0.2, 0.25) is 17.7 Å². The maximum Gasteiger partial charge on any atom is 0.255 e. The van der Waals surface area contributed by atoms with Gasteiger partial charge in [-0.25, -0.2) is 4.39 Å². The summed E-state index contributed by atoms with van der Waals surface area (Å²) in [7, 11) is 0. The Morgan fingerprint density at radius 3 is 2.46 bits per heavy atom. The van der Waals surface area contributed by atoms with E-state index in [1.165, 1.54) is 11.0 Å². The fraction of sp³-hybridized carbons (Fsp3) is 0.385. The number of hydrogen-bond donors (Lipinski definition) is 1. The molecule has 5 rings (SSSR count). The number of carbonyl (C=O) groups is 4. The molecule has 0 saturated carbocycles. The van der Waals surface area contributed by atoms with E-state index in [1.807, 2.05) is 36.1 Å². The first kappa shape index (κ1) is 23.0. The molecule has 2 aromatic carbocycles. The summed E-state index contributed by atoms with van der Waals surface area (Å²) >= 11 is 0. The molecule has 2 fully saturated rings. The second-order valence-electron chi connectivity index (χ2n) is 9.39. The first-order valence-electron chi connectivity index (χ1n) is 11.9. The van der Waals surface area contributed by atoms with Crippen LogP contribution >= 0.6 is 0 Å². The van der Waals surface area contributed by atoms with Crippen molar-refractivity contribution in [2.45, 2.75) is 38.8 Å². The standard InChI is InChI=1S/C26H27FN4O4/c1-16-2-4-17(5-3-16)12-24(33)30-10-8-29(9-11-30)22-13-18-15-31(26(35)19(18)14-20(22)27)21-6-7-23(32)28-25(21)34/h2-5,13-14,21H,6-12,15H2,1H3,(H,28,32,34). The molecule has 1 atom stereocenters. The Hall–Kier alpha value is -3.75. The predicted molar refractivity (Wildman–Crippen MR) is 126 cm³/mol. The van der Waals surface area contributed by atoms with Crippen molar-refractivity contribution in [1.82, 2.24) is 15.1 Å². The van der Waals surface area contributed by atoms with E-state index in [1.54, 1.807) is 11.0 Å². The molecule has 3 aliphatic rings. The van der Waals surface area contributed by atoms with E-state index in [0.29, 0.717) is 43.9 Å². The zero-order valence-electron chi connectivity index (χ0n) is 19.6. The number of nitrogens with zero attached hydrogens (tertiary/aromatic N) is 3. The Morgan fingerprint density at radius 2 is 1.77 bits per heavy atom. The molecule has 35 heavy (non-hydrogen) atoms. The van der Waals surface area contributed by atoms with Gasteiger partial charge in [0, 0.05) is 44.7 Å². The van der Waals surface area contributed by atoms with Crippen LogP contribution in [0, 0.1) is 12.7 Å². The van der Waals surface area contributed by atoms with Crippen LogP contribution in [0.5, 0.6) is 0 Å². The van der Waals surface area contributed by atoms with Crippen LogP contribution in [0.1, 0.15) is 39.9 Å². The Balaban J connectivity index is 1.24. The van der Waals surface area contributed by atoms with Crippen molar-refractivity contribution in [2.75, 3.05) is 31.1 Å². The molecular formula is C26H27FN4O4. The van der Waals surface area contributed by atoms with Crippen LogP contribution in [0.3, 0.4) is 0 Å². The Morgan fingerprint density at radius 1 is 1.06 bits per heavy atom. The van der Waals surface area contributed by atoms with Gasteiger partial charge in [0.1, 0.15) is 11.9 Å². The molecule has 1 N–H and O–H groups in total. The molecule has 3 heterocycles. The van der Waals surface area contributed by atoms with Crippen molar-refractivity contribution in [3.8, 4) is 0 Å². The van der Waals surface area contributed by atoms with Gasteiger partial charge in [-0.2, -0.15) is 0 Å². The maximum atomic E-state index is 15.1. The number of imide groups is 1. The first-order valence-corrected chi connectivity index (χ1v) is 11.9. The summed E-state index contributed by atoms with van der Waals surface area (Å²) in [5.41, 5.74) is 3.43. The summed E-state index contributed by atoms with van der Waals surface area (Å²) in [5, 5.41) is 2.27. The smallest absolute Gasteiger partial charge is 0.255 e. The van der Waals surface area contributed by atoms with Crippen molar-refractivity contribution >= 4 is 29.3 Å². The molecule has 0 aliphatic carbocycles. The molecule has 2 aromatic rings. The first-order chi connectivity index (χ1) is 16.8. The Labute approximate surface area is 202 Å². The molecule has 0 spiro atoms. The second kappa shape index (κ2) is 9.13. The van der Waals surface area contributed by atoms with E-state index in [-0.39, 0.29) is 36.8 Å². The minimum absolute atomic E-state index is 0.0495. The van der Waals surface area contributed by atoms with Gasteiger partial charge >= 0.3 is 0 Å². The lowest BCUT2D eigenvalue weighted by atomic mass is 10.0. The quantitative estimate of drug-likeness (QED) is 0.677. The number of piperazine rings is 1. The zero-order chi connectivity index (χ0) is 24.7. The molecule has 0 radical (unpaired) electrons. The number of hydrogen-bond acceptors (Lipinski definition) is 5. The molecule has 1 unspecified atom stereocenters. The average molecular weight is 479 g/mol. The SMILES string of the molecule is Cc1ccc(CC(=O)N2CCN(c3cc4c(cc3F)C(=O)N(C3CCC(=O)NC3=O)C4)CC2)cc1. The van der Waals surface area contributed by atoms with Crippen LogP contribution in [0.4, 0.5) is 10.1 Å². The van der Waals surface area contributed by atoms with Crippen LogP contribution in [-0.2, 0) is 27.3 Å².